The van der Waals surface area contributed by atoms with Crippen LogP contribution in [0.25, 0.3) is 5.76 Å². The first-order valence-corrected chi connectivity index (χ1v) is 9.95. The molecule has 0 spiro atoms. The van der Waals surface area contributed by atoms with Gasteiger partial charge in [-0.25, -0.2) is 0 Å². The molecule has 1 aromatic heterocycles. The number of hydrogen-bond donors (Lipinski definition) is 1. The van der Waals surface area contributed by atoms with Gasteiger partial charge in [-0.2, -0.15) is 0 Å². The highest BCUT2D eigenvalue weighted by Crippen LogP contribution is 2.44. The molecule has 29 heavy (non-hydrogen) atoms. The van der Waals surface area contributed by atoms with Crippen LogP contribution in [0.4, 0.5) is 0 Å². The molecule has 0 saturated carbocycles. The van der Waals surface area contributed by atoms with Crippen LogP contribution in [0.1, 0.15) is 22.9 Å². The number of ketones is 1. The molecule has 3 rings (SSSR count). The maximum atomic E-state index is 13.0. The van der Waals surface area contributed by atoms with Crippen molar-refractivity contribution in [2.45, 2.75) is 12.5 Å². The Labute approximate surface area is 173 Å². The standard InChI is InChI=1S/C21H23NO6S/c1-26-11-6-10-22-18(15-9-5-12-29-15)17(20(24)21(22)25)19(23)16-13(27-2)7-4-8-14(16)28-3/h4-5,7-9,12,18,23H,6,10-11H2,1-3H3/b19-17+. The first-order valence-electron chi connectivity index (χ1n) is 9.07. The lowest BCUT2D eigenvalue weighted by atomic mass is 9.98. The highest BCUT2D eigenvalue weighted by atomic mass is 32.1. The number of benzene rings is 1. The largest absolute Gasteiger partial charge is 0.506 e. The number of nitrogens with zero attached hydrogens (tertiary/aromatic N) is 1. The van der Waals surface area contributed by atoms with Crippen molar-refractivity contribution in [3.63, 3.8) is 0 Å². The van der Waals surface area contributed by atoms with Gasteiger partial charge >= 0.3 is 0 Å². The second-order valence-electron chi connectivity index (χ2n) is 6.39. The average molecular weight is 417 g/mol. The molecule has 1 aliphatic heterocycles. The van der Waals surface area contributed by atoms with Crippen LogP contribution in [0.3, 0.4) is 0 Å². The summed E-state index contributed by atoms with van der Waals surface area (Å²) < 4.78 is 15.8. The van der Waals surface area contributed by atoms with Gasteiger partial charge in [0.15, 0.2) is 0 Å². The molecule has 1 aromatic carbocycles. The van der Waals surface area contributed by atoms with Crippen molar-refractivity contribution in [1.29, 1.82) is 0 Å². The number of ether oxygens (including phenoxy) is 3. The van der Waals surface area contributed by atoms with Crippen LogP contribution < -0.4 is 9.47 Å². The molecule has 0 bridgehead atoms. The van der Waals surface area contributed by atoms with E-state index in [1.165, 1.54) is 30.5 Å². The summed E-state index contributed by atoms with van der Waals surface area (Å²) in [6.07, 6.45) is 0.573. The fourth-order valence-corrected chi connectivity index (χ4v) is 4.30. The molecule has 2 aromatic rings. The molecular weight excluding hydrogens is 394 g/mol. The van der Waals surface area contributed by atoms with Crippen LogP contribution in [0.15, 0.2) is 41.3 Å². The Morgan fingerprint density at radius 3 is 2.34 bits per heavy atom. The third kappa shape index (κ3) is 3.86. The van der Waals surface area contributed by atoms with E-state index in [-0.39, 0.29) is 16.9 Å². The summed E-state index contributed by atoms with van der Waals surface area (Å²) in [7, 11) is 4.51. The Hall–Kier alpha value is -2.84. The van der Waals surface area contributed by atoms with E-state index in [0.29, 0.717) is 31.1 Å². The molecule has 1 fully saturated rings. The number of carbonyl (C=O) groups is 2. The number of likely N-dealkylation sites (tertiary alicyclic amines) is 1. The number of rotatable bonds is 8. The first kappa shape index (κ1) is 20.9. The molecule has 1 aliphatic rings. The highest BCUT2D eigenvalue weighted by molar-refractivity contribution is 7.10. The van der Waals surface area contributed by atoms with E-state index in [2.05, 4.69) is 0 Å². The van der Waals surface area contributed by atoms with E-state index in [0.717, 1.165) is 4.88 Å². The van der Waals surface area contributed by atoms with Crippen LogP contribution in [-0.4, -0.2) is 56.2 Å². The lowest BCUT2D eigenvalue weighted by Crippen LogP contribution is -2.31. The fraction of sp³-hybridized carbons (Fsp3) is 0.333. The van der Waals surface area contributed by atoms with Gasteiger partial charge in [0.25, 0.3) is 11.7 Å². The number of hydrogen-bond acceptors (Lipinski definition) is 7. The number of Topliss-reactive ketones (excluding diaryl/α,β-unsaturated/α-hetero) is 1. The topological polar surface area (TPSA) is 85.3 Å². The van der Waals surface area contributed by atoms with Gasteiger partial charge in [-0.05, 0) is 30.0 Å². The summed E-state index contributed by atoms with van der Waals surface area (Å²) in [4.78, 5) is 28.0. The quantitative estimate of drug-likeness (QED) is 0.307. The third-order valence-electron chi connectivity index (χ3n) is 4.76. The number of aliphatic hydroxyl groups is 1. The molecule has 1 atom stereocenters. The van der Waals surface area contributed by atoms with E-state index < -0.39 is 17.7 Å². The van der Waals surface area contributed by atoms with Crippen molar-refractivity contribution >= 4 is 28.8 Å². The number of aliphatic hydroxyl groups excluding tert-OH is 1. The second kappa shape index (κ2) is 9.11. The van der Waals surface area contributed by atoms with Gasteiger partial charge in [-0.15, -0.1) is 11.3 Å². The van der Waals surface area contributed by atoms with Crippen LogP contribution in [-0.2, 0) is 14.3 Å². The Balaban J connectivity index is 2.18. The zero-order valence-electron chi connectivity index (χ0n) is 16.5. The van der Waals surface area contributed by atoms with Crippen molar-refractivity contribution in [3.05, 3.63) is 51.7 Å². The van der Waals surface area contributed by atoms with E-state index >= 15 is 0 Å². The minimum absolute atomic E-state index is 0.0256. The third-order valence-corrected chi connectivity index (χ3v) is 5.69. The molecule has 1 amide bonds. The first-order chi connectivity index (χ1) is 14.0. The van der Waals surface area contributed by atoms with Gasteiger partial charge in [0, 0.05) is 25.1 Å². The van der Waals surface area contributed by atoms with Gasteiger partial charge in [-0.3, -0.25) is 9.59 Å². The van der Waals surface area contributed by atoms with Gasteiger partial charge in [0.1, 0.15) is 22.8 Å². The van der Waals surface area contributed by atoms with Crippen molar-refractivity contribution in [3.8, 4) is 11.5 Å². The van der Waals surface area contributed by atoms with E-state index in [1.54, 1.807) is 25.3 Å². The fourth-order valence-electron chi connectivity index (χ4n) is 3.45. The minimum Gasteiger partial charge on any atom is -0.506 e. The summed E-state index contributed by atoms with van der Waals surface area (Å²) in [5.41, 5.74) is 0.270. The summed E-state index contributed by atoms with van der Waals surface area (Å²) in [5.74, 6) is -0.999. The molecule has 0 radical (unpaired) electrons. The summed E-state index contributed by atoms with van der Waals surface area (Å²) in [6.45, 7) is 0.793. The van der Waals surface area contributed by atoms with Crippen LogP contribution in [0, 0.1) is 0 Å². The number of amides is 1. The number of methoxy groups -OCH3 is 3. The predicted molar refractivity (Wildman–Crippen MR) is 109 cm³/mol. The zero-order valence-corrected chi connectivity index (χ0v) is 17.3. The lowest BCUT2D eigenvalue weighted by molar-refractivity contribution is -0.140. The highest BCUT2D eigenvalue weighted by Gasteiger charge is 2.46. The van der Waals surface area contributed by atoms with Crippen molar-refractivity contribution in [2.75, 3.05) is 34.5 Å². The normalized spacial score (nSPS) is 18.3. The Kier molecular flexibility index (Phi) is 6.56. The predicted octanol–water partition coefficient (Wildman–Crippen LogP) is 3.22. The van der Waals surface area contributed by atoms with Crippen LogP contribution in [0.2, 0.25) is 0 Å². The second-order valence-corrected chi connectivity index (χ2v) is 7.37. The molecule has 1 N–H and O–H groups in total. The van der Waals surface area contributed by atoms with Crippen molar-refractivity contribution < 1.29 is 28.9 Å². The van der Waals surface area contributed by atoms with Gasteiger partial charge in [0.2, 0.25) is 0 Å². The summed E-state index contributed by atoms with van der Waals surface area (Å²) >= 11 is 1.42. The monoisotopic (exact) mass is 417 g/mol. The SMILES string of the molecule is COCCCN1C(=O)C(=O)/C(=C(/O)c2c(OC)cccc2OC)C1c1cccs1. The Morgan fingerprint density at radius 1 is 1.10 bits per heavy atom. The molecule has 2 heterocycles. The molecule has 1 unspecified atom stereocenters. The molecular formula is C21H23NO6S. The zero-order chi connectivity index (χ0) is 21.0. The van der Waals surface area contributed by atoms with Gasteiger partial charge < -0.3 is 24.2 Å². The van der Waals surface area contributed by atoms with Crippen LogP contribution in [0.5, 0.6) is 11.5 Å². The van der Waals surface area contributed by atoms with Gasteiger partial charge in [-0.1, -0.05) is 12.1 Å². The maximum Gasteiger partial charge on any atom is 0.295 e. The van der Waals surface area contributed by atoms with Crippen molar-refractivity contribution in [1.82, 2.24) is 4.90 Å². The Morgan fingerprint density at radius 2 is 1.79 bits per heavy atom. The summed E-state index contributed by atoms with van der Waals surface area (Å²) in [5, 5.41) is 13.1. The maximum absolute atomic E-state index is 13.0. The molecule has 0 aliphatic carbocycles. The smallest absolute Gasteiger partial charge is 0.295 e. The molecule has 154 valence electrons. The van der Waals surface area contributed by atoms with Crippen LogP contribution >= 0.6 is 11.3 Å². The molecule has 7 nitrogen and oxygen atoms in total. The minimum atomic E-state index is -0.730. The molecule has 1 saturated heterocycles. The van der Waals surface area contributed by atoms with E-state index in [4.69, 9.17) is 14.2 Å². The van der Waals surface area contributed by atoms with E-state index in [9.17, 15) is 14.7 Å². The molecule has 8 heteroatoms. The van der Waals surface area contributed by atoms with Crippen molar-refractivity contribution in [2.24, 2.45) is 0 Å². The summed E-state index contributed by atoms with van der Waals surface area (Å²) in [6, 6.07) is 8.05. The van der Waals surface area contributed by atoms with E-state index in [1.807, 2.05) is 17.5 Å². The number of carbonyl (C=O) groups excluding carboxylic acids is 2. The number of thiophene rings is 1. The average Bonchev–Trinajstić information content (AvgIpc) is 3.35. The van der Waals surface area contributed by atoms with Gasteiger partial charge in [0.05, 0.1) is 25.8 Å². The lowest BCUT2D eigenvalue weighted by Gasteiger charge is -2.24. The Bertz CT molecular complexity index is 899.